The number of para-hydroxylation sites is 1. The zero-order valence-electron chi connectivity index (χ0n) is 14.7. The molecule has 1 aliphatic heterocycles. The summed E-state index contributed by atoms with van der Waals surface area (Å²) < 4.78 is 13.1. The van der Waals surface area contributed by atoms with Gasteiger partial charge in [-0.1, -0.05) is 29.8 Å². The highest BCUT2D eigenvalue weighted by atomic mass is 35.5. The Hall–Kier alpha value is -2.57. The van der Waals surface area contributed by atoms with E-state index in [4.69, 9.17) is 21.1 Å². The van der Waals surface area contributed by atoms with Crippen molar-refractivity contribution in [3.63, 3.8) is 0 Å². The number of nitrogens with zero attached hydrogens (tertiary/aromatic N) is 2. The Bertz CT molecular complexity index is 951. The molecule has 3 heterocycles. The molecule has 1 amide bonds. The Balaban J connectivity index is 1.34. The van der Waals surface area contributed by atoms with E-state index < -0.39 is 0 Å². The van der Waals surface area contributed by atoms with E-state index in [1.165, 1.54) is 11.6 Å². The number of halogens is 1. The van der Waals surface area contributed by atoms with Crippen molar-refractivity contribution in [2.75, 3.05) is 19.8 Å². The molecule has 2 aromatic heterocycles. The second-order valence-electron chi connectivity index (χ2n) is 6.44. The predicted molar refractivity (Wildman–Crippen MR) is 103 cm³/mol. The third-order valence-electron chi connectivity index (χ3n) is 4.55. The van der Waals surface area contributed by atoms with Gasteiger partial charge >= 0.3 is 0 Å². The van der Waals surface area contributed by atoms with E-state index in [0.29, 0.717) is 42.8 Å². The second-order valence-corrected chi connectivity index (χ2v) is 6.85. The Labute approximate surface area is 162 Å². The molecular weight excluding hydrogens is 366 g/mol. The van der Waals surface area contributed by atoms with Crippen LogP contribution in [0.15, 0.2) is 48.8 Å². The molecule has 0 bridgehead atoms. The lowest BCUT2D eigenvalue weighted by atomic mass is 10.2. The van der Waals surface area contributed by atoms with Crippen molar-refractivity contribution in [1.82, 2.24) is 14.9 Å². The molecule has 0 unspecified atom stereocenters. The van der Waals surface area contributed by atoms with Crippen molar-refractivity contribution in [3.8, 4) is 5.88 Å². The summed E-state index contributed by atoms with van der Waals surface area (Å²) in [6.45, 7) is 2.41. The Morgan fingerprint density at radius 1 is 1.37 bits per heavy atom. The summed E-state index contributed by atoms with van der Waals surface area (Å²) >= 11 is 6.22. The van der Waals surface area contributed by atoms with Crippen LogP contribution >= 0.6 is 11.6 Å². The number of pyridine rings is 1. The van der Waals surface area contributed by atoms with Crippen LogP contribution in [0.1, 0.15) is 16.8 Å². The molecule has 1 aliphatic rings. The summed E-state index contributed by atoms with van der Waals surface area (Å²) in [5.74, 6) is 0.124. The molecular formula is C20H20ClN3O3. The lowest BCUT2D eigenvalue weighted by Crippen LogP contribution is -2.27. The van der Waals surface area contributed by atoms with E-state index in [0.717, 1.165) is 11.9 Å². The van der Waals surface area contributed by atoms with E-state index in [-0.39, 0.29) is 12.0 Å². The van der Waals surface area contributed by atoms with Gasteiger partial charge in [0.1, 0.15) is 11.1 Å². The molecule has 1 N–H and O–H groups in total. The van der Waals surface area contributed by atoms with Gasteiger partial charge in [-0.3, -0.25) is 4.79 Å². The number of hydrogen-bond acceptors (Lipinski definition) is 4. The average Bonchev–Trinajstić information content (AvgIpc) is 3.33. The van der Waals surface area contributed by atoms with Gasteiger partial charge in [0.2, 0.25) is 5.88 Å². The highest BCUT2D eigenvalue weighted by Gasteiger charge is 2.20. The monoisotopic (exact) mass is 385 g/mol. The first kappa shape index (κ1) is 17.8. The number of carbonyl (C=O) groups is 1. The normalized spacial score (nSPS) is 16.6. The van der Waals surface area contributed by atoms with Gasteiger partial charge in [0.25, 0.3) is 5.91 Å². The maximum absolute atomic E-state index is 12.4. The highest BCUT2D eigenvalue weighted by molar-refractivity contribution is 6.32. The molecule has 4 rings (SSSR count). The zero-order valence-corrected chi connectivity index (χ0v) is 15.5. The maximum atomic E-state index is 12.4. The van der Waals surface area contributed by atoms with Crippen LogP contribution in [0.3, 0.4) is 0 Å². The molecule has 0 spiro atoms. The maximum Gasteiger partial charge on any atom is 0.252 e. The van der Waals surface area contributed by atoms with Crippen LogP contribution in [0.4, 0.5) is 0 Å². The zero-order chi connectivity index (χ0) is 18.6. The van der Waals surface area contributed by atoms with Gasteiger partial charge in [0.05, 0.1) is 18.8 Å². The molecule has 7 heteroatoms. The summed E-state index contributed by atoms with van der Waals surface area (Å²) in [6, 6.07) is 11.8. The Kier molecular flexibility index (Phi) is 5.27. The first-order chi connectivity index (χ1) is 13.2. The average molecular weight is 386 g/mol. The molecule has 0 radical (unpaired) electrons. The van der Waals surface area contributed by atoms with E-state index in [1.54, 1.807) is 6.07 Å². The Morgan fingerprint density at radius 3 is 3.07 bits per heavy atom. The van der Waals surface area contributed by atoms with Crippen molar-refractivity contribution >= 4 is 28.4 Å². The molecule has 3 aromatic rings. The number of hydrogen-bond donors (Lipinski definition) is 1. The topological polar surface area (TPSA) is 65.4 Å². The first-order valence-corrected chi connectivity index (χ1v) is 9.30. The Morgan fingerprint density at radius 2 is 2.26 bits per heavy atom. The number of fused-ring (bicyclic) bond motifs is 1. The number of carbonyl (C=O) groups excluding carboxylic acids is 1. The molecule has 27 heavy (non-hydrogen) atoms. The van der Waals surface area contributed by atoms with Gasteiger partial charge in [-0.2, -0.15) is 0 Å². The number of ether oxygens (including phenoxy) is 2. The predicted octanol–water partition coefficient (Wildman–Crippen LogP) is 3.29. The van der Waals surface area contributed by atoms with Gasteiger partial charge in [-0.15, -0.1) is 0 Å². The molecule has 0 aliphatic carbocycles. The molecule has 1 aromatic carbocycles. The van der Waals surface area contributed by atoms with E-state index in [1.807, 2.05) is 18.3 Å². The third kappa shape index (κ3) is 4.07. The van der Waals surface area contributed by atoms with Crippen LogP contribution in [0, 0.1) is 0 Å². The molecule has 6 nitrogen and oxygen atoms in total. The first-order valence-electron chi connectivity index (χ1n) is 8.93. The van der Waals surface area contributed by atoms with E-state index in [9.17, 15) is 4.79 Å². The summed E-state index contributed by atoms with van der Waals surface area (Å²) in [5, 5.41) is 4.41. The summed E-state index contributed by atoms with van der Waals surface area (Å²) in [6.07, 6.45) is 4.28. The van der Waals surface area contributed by atoms with E-state index in [2.05, 4.69) is 33.1 Å². The van der Waals surface area contributed by atoms with Crippen LogP contribution in [-0.4, -0.2) is 41.3 Å². The van der Waals surface area contributed by atoms with Gasteiger partial charge < -0.3 is 19.4 Å². The largest absolute Gasteiger partial charge is 0.471 e. The SMILES string of the molecule is O=C(NCCn1ccc2ccccc21)c1cnc(O[C@H]2CCOC2)c(Cl)c1. The number of amides is 1. The number of aromatic nitrogens is 2. The van der Waals surface area contributed by atoms with Crippen molar-refractivity contribution in [3.05, 3.63) is 59.4 Å². The molecule has 140 valence electrons. The minimum absolute atomic E-state index is 0.0360. The van der Waals surface area contributed by atoms with Crippen molar-refractivity contribution in [1.29, 1.82) is 0 Å². The third-order valence-corrected chi connectivity index (χ3v) is 4.83. The number of nitrogens with one attached hydrogen (secondary N) is 1. The molecule has 0 saturated carbocycles. The lowest BCUT2D eigenvalue weighted by Gasteiger charge is -2.13. The molecule has 1 fully saturated rings. The van der Waals surface area contributed by atoms with Crippen LogP contribution < -0.4 is 10.1 Å². The van der Waals surface area contributed by atoms with Gasteiger partial charge in [-0.05, 0) is 23.6 Å². The lowest BCUT2D eigenvalue weighted by molar-refractivity contribution is 0.0951. The van der Waals surface area contributed by atoms with Crippen molar-refractivity contribution in [2.45, 2.75) is 19.1 Å². The fourth-order valence-corrected chi connectivity index (χ4v) is 3.34. The minimum atomic E-state index is -0.211. The molecule has 1 atom stereocenters. The highest BCUT2D eigenvalue weighted by Crippen LogP contribution is 2.25. The quantitative estimate of drug-likeness (QED) is 0.707. The summed E-state index contributed by atoms with van der Waals surface area (Å²) in [4.78, 5) is 16.6. The number of rotatable bonds is 6. The smallest absolute Gasteiger partial charge is 0.252 e. The van der Waals surface area contributed by atoms with Crippen molar-refractivity contribution < 1.29 is 14.3 Å². The van der Waals surface area contributed by atoms with Crippen LogP contribution in [-0.2, 0) is 11.3 Å². The number of benzene rings is 1. The minimum Gasteiger partial charge on any atom is -0.471 e. The standard InChI is InChI=1S/C20H20ClN3O3/c21-17-11-15(12-23-20(17)27-16-6-10-26-13-16)19(25)22-7-9-24-8-5-14-3-1-2-4-18(14)24/h1-5,8,11-12,16H,6-7,9-10,13H2,(H,22,25)/t16-/m0/s1. The van der Waals surface area contributed by atoms with Crippen molar-refractivity contribution in [2.24, 2.45) is 0 Å². The fourth-order valence-electron chi connectivity index (χ4n) is 3.13. The molecule has 1 saturated heterocycles. The van der Waals surface area contributed by atoms with Gasteiger partial charge in [0.15, 0.2) is 0 Å². The summed E-state index contributed by atoms with van der Waals surface area (Å²) in [5.41, 5.74) is 1.56. The van der Waals surface area contributed by atoms with Crippen LogP contribution in [0.2, 0.25) is 5.02 Å². The van der Waals surface area contributed by atoms with Gasteiger partial charge in [0, 0.05) is 37.4 Å². The van der Waals surface area contributed by atoms with Crippen LogP contribution in [0.25, 0.3) is 10.9 Å². The van der Waals surface area contributed by atoms with Crippen LogP contribution in [0.5, 0.6) is 5.88 Å². The van der Waals surface area contributed by atoms with E-state index >= 15 is 0 Å². The fraction of sp³-hybridized carbons (Fsp3) is 0.300. The summed E-state index contributed by atoms with van der Waals surface area (Å²) in [7, 11) is 0. The second kappa shape index (κ2) is 7.98. The van der Waals surface area contributed by atoms with Gasteiger partial charge in [-0.25, -0.2) is 4.98 Å².